The number of piperazine rings is 1. The van der Waals surface area contributed by atoms with Crippen molar-refractivity contribution in [1.29, 1.82) is 0 Å². The Morgan fingerprint density at radius 1 is 1.00 bits per heavy atom. The largest absolute Gasteiger partial charge is 0.369 e. The summed E-state index contributed by atoms with van der Waals surface area (Å²) in [4.78, 5) is 17.0. The molecule has 4 heteroatoms. The molecule has 0 atom stereocenters. The Kier molecular flexibility index (Phi) is 5.13. The van der Waals surface area contributed by atoms with E-state index in [0.29, 0.717) is 6.54 Å². The fourth-order valence-corrected chi connectivity index (χ4v) is 3.26. The fraction of sp³-hybridized carbons (Fsp3) is 0.316. The third-order valence-corrected chi connectivity index (χ3v) is 4.89. The SMILES string of the molecule is Cc1ccccc1N1CCN(CC(=O)c2ccc(Br)cc2)CC1. The van der Waals surface area contributed by atoms with Crippen LogP contribution in [0.25, 0.3) is 0 Å². The Hall–Kier alpha value is -1.65. The van der Waals surface area contributed by atoms with Gasteiger partial charge in [0.25, 0.3) is 0 Å². The molecule has 1 aliphatic heterocycles. The molecular weight excluding hydrogens is 352 g/mol. The van der Waals surface area contributed by atoms with Crippen molar-refractivity contribution in [3.05, 3.63) is 64.1 Å². The number of aryl methyl sites for hydroxylation is 1. The van der Waals surface area contributed by atoms with Crippen LogP contribution in [0.15, 0.2) is 53.0 Å². The zero-order valence-corrected chi connectivity index (χ0v) is 14.9. The van der Waals surface area contributed by atoms with Crippen molar-refractivity contribution in [3.8, 4) is 0 Å². The number of benzene rings is 2. The number of ketones is 1. The van der Waals surface area contributed by atoms with Crippen LogP contribution in [0, 0.1) is 6.92 Å². The average Bonchev–Trinajstić information content (AvgIpc) is 2.57. The topological polar surface area (TPSA) is 23.6 Å². The molecule has 0 amide bonds. The van der Waals surface area contributed by atoms with Gasteiger partial charge in [0, 0.05) is 41.9 Å². The molecule has 1 heterocycles. The van der Waals surface area contributed by atoms with Gasteiger partial charge >= 0.3 is 0 Å². The second kappa shape index (κ2) is 7.28. The Balaban J connectivity index is 1.56. The molecule has 1 aliphatic rings. The molecule has 120 valence electrons. The van der Waals surface area contributed by atoms with E-state index in [4.69, 9.17) is 0 Å². The maximum atomic E-state index is 12.4. The maximum Gasteiger partial charge on any atom is 0.176 e. The summed E-state index contributed by atoms with van der Waals surface area (Å²) in [5.41, 5.74) is 3.41. The standard InChI is InChI=1S/C19H21BrN2O/c1-15-4-2-3-5-18(15)22-12-10-21(11-13-22)14-19(23)16-6-8-17(20)9-7-16/h2-9H,10-14H2,1H3. The molecule has 0 N–H and O–H groups in total. The van der Waals surface area contributed by atoms with Gasteiger partial charge in [0.1, 0.15) is 0 Å². The number of carbonyl (C=O) groups is 1. The molecule has 0 radical (unpaired) electrons. The number of halogens is 1. The van der Waals surface area contributed by atoms with E-state index in [2.05, 4.69) is 56.9 Å². The first kappa shape index (κ1) is 16.2. The summed E-state index contributed by atoms with van der Waals surface area (Å²) in [7, 11) is 0. The zero-order valence-electron chi connectivity index (χ0n) is 13.3. The third kappa shape index (κ3) is 4.01. The first-order valence-electron chi connectivity index (χ1n) is 7.95. The van der Waals surface area contributed by atoms with Crippen LogP contribution < -0.4 is 4.90 Å². The quantitative estimate of drug-likeness (QED) is 0.763. The lowest BCUT2D eigenvalue weighted by molar-refractivity contribution is 0.0926. The number of rotatable bonds is 4. The van der Waals surface area contributed by atoms with Gasteiger partial charge in [0.15, 0.2) is 5.78 Å². The van der Waals surface area contributed by atoms with Gasteiger partial charge in [-0.1, -0.05) is 46.3 Å². The number of para-hydroxylation sites is 1. The Labute approximate surface area is 146 Å². The van der Waals surface area contributed by atoms with E-state index < -0.39 is 0 Å². The summed E-state index contributed by atoms with van der Waals surface area (Å²) >= 11 is 3.40. The lowest BCUT2D eigenvalue weighted by Crippen LogP contribution is -2.48. The lowest BCUT2D eigenvalue weighted by atomic mass is 10.1. The smallest absolute Gasteiger partial charge is 0.176 e. The van der Waals surface area contributed by atoms with E-state index in [0.717, 1.165) is 36.2 Å². The maximum absolute atomic E-state index is 12.4. The molecule has 1 saturated heterocycles. The second-order valence-electron chi connectivity index (χ2n) is 5.98. The van der Waals surface area contributed by atoms with E-state index in [-0.39, 0.29) is 5.78 Å². The molecule has 23 heavy (non-hydrogen) atoms. The second-order valence-corrected chi connectivity index (χ2v) is 6.90. The number of Topliss-reactive ketones (excluding diaryl/α,β-unsaturated/α-hetero) is 1. The summed E-state index contributed by atoms with van der Waals surface area (Å²) in [6.45, 7) is 6.45. The van der Waals surface area contributed by atoms with Crippen LogP contribution >= 0.6 is 15.9 Å². The van der Waals surface area contributed by atoms with Crippen LogP contribution in [-0.2, 0) is 0 Å². The van der Waals surface area contributed by atoms with Gasteiger partial charge < -0.3 is 4.90 Å². The van der Waals surface area contributed by atoms with Gasteiger partial charge in [0.2, 0.25) is 0 Å². The minimum Gasteiger partial charge on any atom is -0.369 e. The summed E-state index contributed by atoms with van der Waals surface area (Å²) in [6.07, 6.45) is 0. The Bertz CT molecular complexity index is 676. The van der Waals surface area contributed by atoms with Crippen LogP contribution in [0.2, 0.25) is 0 Å². The summed E-state index contributed by atoms with van der Waals surface area (Å²) in [5, 5.41) is 0. The number of anilines is 1. The van der Waals surface area contributed by atoms with Gasteiger partial charge in [-0.3, -0.25) is 9.69 Å². The van der Waals surface area contributed by atoms with Crippen LogP contribution in [0.4, 0.5) is 5.69 Å². The van der Waals surface area contributed by atoms with Gasteiger partial charge in [-0.25, -0.2) is 0 Å². The van der Waals surface area contributed by atoms with Crippen LogP contribution in [0.3, 0.4) is 0 Å². The van der Waals surface area contributed by atoms with Crippen molar-refractivity contribution < 1.29 is 4.79 Å². The molecule has 0 spiro atoms. The fourth-order valence-electron chi connectivity index (χ4n) is 3.00. The van der Waals surface area contributed by atoms with E-state index in [1.165, 1.54) is 11.3 Å². The highest BCUT2D eigenvalue weighted by Gasteiger charge is 2.20. The lowest BCUT2D eigenvalue weighted by Gasteiger charge is -2.36. The van der Waals surface area contributed by atoms with Gasteiger partial charge in [0.05, 0.1) is 6.54 Å². The van der Waals surface area contributed by atoms with Crippen molar-refractivity contribution in [3.63, 3.8) is 0 Å². The first-order valence-corrected chi connectivity index (χ1v) is 8.74. The molecule has 3 nitrogen and oxygen atoms in total. The molecule has 1 fully saturated rings. The molecule has 0 aliphatic carbocycles. The number of nitrogens with zero attached hydrogens (tertiary/aromatic N) is 2. The van der Waals surface area contributed by atoms with Gasteiger partial charge in [-0.15, -0.1) is 0 Å². The van der Waals surface area contributed by atoms with Crippen LogP contribution in [0.1, 0.15) is 15.9 Å². The van der Waals surface area contributed by atoms with Crippen molar-refractivity contribution >= 4 is 27.4 Å². The summed E-state index contributed by atoms with van der Waals surface area (Å²) in [6, 6.07) is 16.1. The van der Waals surface area contributed by atoms with Crippen LogP contribution in [0.5, 0.6) is 0 Å². The number of hydrogen-bond donors (Lipinski definition) is 0. The van der Waals surface area contributed by atoms with Crippen molar-refractivity contribution in [2.45, 2.75) is 6.92 Å². The average molecular weight is 373 g/mol. The molecule has 0 saturated carbocycles. The minimum absolute atomic E-state index is 0.196. The Morgan fingerprint density at radius 3 is 2.30 bits per heavy atom. The highest BCUT2D eigenvalue weighted by Crippen LogP contribution is 2.21. The van der Waals surface area contributed by atoms with Gasteiger partial charge in [-0.2, -0.15) is 0 Å². The van der Waals surface area contributed by atoms with E-state index in [9.17, 15) is 4.79 Å². The molecule has 0 bridgehead atoms. The zero-order chi connectivity index (χ0) is 16.2. The molecule has 0 unspecified atom stereocenters. The van der Waals surface area contributed by atoms with E-state index >= 15 is 0 Å². The highest BCUT2D eigenvalue weighted by atomic mass is 79.9. The van der Waals surface area contributed by atoms with Crippen molar-refractivity contribution in [2.75, 3.05) is 37.6 Å². The molecular formula is C19H21BrN2O. The normalized spacial score (nSPS) is 15.7. The molecule has 0 aromatic heterocycles. The monoisotopic (exact) mass is 372 g/mol. The first-order chi connectivity index (χ1) is 11.1. The van der Waals surface area contributed by atoms with E-state index in [1.807, 2.05) is 24.3 Å². The molecule has 3 rings (SSSR count). The number of hydrogen-bond acceptors (Lipinski definition) is 3. The summed E-state index contributed by atoms with van der Waals surface area (Å²) in [5.74, 6) is 0.196. The molecule has 2 aromatic rings. The minimum atomic E-state index is 0.196. The third-order valence-electron chi connectivity index (χ3n) is 4.36. The predicted molar refractivity (Wildman–Crippen MR) is 98.3 cm³/mol. The van der Waals surface area contributed by atoms with Crippen molar-refractivity contribution in [2.24, 2.45) is 0 Å². The van der Waals surface area contributed by atoms with Crippen LogP contribution in [-0.4, -0.2) is 43.4 Å². The Morgan fingerprint density at radius 2 is 1.65 bits per heavy atom. The predicted octanol–water partition coefficient (Wildman–Crippen LogP) is 3.76. The van der Waals surface area contributed by atoms with Gasteiger partial charge in [-0.05, 0) is 30.7 Å². The number of carbonyl (C=O) groups excluding carboxylic acids is 1. The highest BCUT2D eigenvalue weighted by molar-refractivity contribution is 9.10. The summed E-state index contributed by atoms with van der Waals surface area (Å²) < 4.78 is 1.00. The molecule has 2 aromatic carbocycles. The van der Waals surface area contributed by atoms with E-state index in [1.54, 1.807) is 0 Å². The van der Waals surface area contributed by atoms with Crippen molar-refractivity contribution in [1.82, 2.24) is 4.90 Å².